The molecule has 0 aromatic carbocycles. The van der Waals surface area contributed by atoms with Gasteiger partial charge in [-0.1, -0.05) is 12.7 Å². The summed E-state index contributed by atoms with van der Waals surface area (Å²) in [4.78, 5) is 0. The fourth-order valence-corrected chi connectivity index (χ4v) is 1.45. The quantitative estimate of drug-likeness (QED) is 0.487. The van der Waals surface area contributed by atoms with E-state index >= 15 is 0 Å². The highest BCUT2D eigenvalue weighted by molar-refractivity contribution is 7.57. The van der Waals surface area contributed by atoms with Gasteiger partial charge in [-0.15, -0.1) is 0 Å². The van der Waals surface area contributed by atoms with Crippen molar-refractivity contribution in [3.63, 3.8) is 0 Å². The highest BCUT2D eigenvalue weighted by Gasteiger charge is 2.16. The van der Waals surface area contributed by atoms with Crippen LogP contribution >= 0.6 is 7.60 Å². The molecule has 3 nitrogen and oxygen atoms in total. The molecular weight excluding hydrogens is 163 g/mol. The van der Waals surface area contributed by atoms with E-state index in [2.05, 4.69) is 15.6 Å². The van der Waals surface area contributed by atoms with Crippen LogP contribution in [0, 0.1) is 0 Å². The summed E-state index contributed by atoms with van der Waals surface area (Å²) >= 11 is 0. The first kappa shape index (κ1) is 10.6. The van der Waals surface area contributed by atoms with Gasteiger partial charge in [0.15, 0.2) is 0 Å². The lowest BCUT2D eigenvalue weighted by atomic mass is 10.4. The van der Waals surface area contributed by atoms with E-state index < -0.39 is 7.60 Å². The molecule has 4 heteroatoms. The van der Waals surface area contributed by atoms with Crippen molar-refractivity contribution in [1.82, 2.24) is 0 Å². The Morgan fingerprint density at radius 2 is 1.91 bits per heavy atom. The molecular formula is C7H13O3P. The summed E-state index contributed by atoms with van der Waals surface area (Å²) in [5.74, 6) is 1.43. The topological polar surface area (TPSA) is 35.5 Å². The van der Waals surface area contributed by atoms with Gasteiger partial charge in [0.05, 0.1) is 0 Å². The summed E-state index contributed by atoms with van der Waals surface area (Å²) < 4.78 is 20.7. The second kappa shape index (κ2) is 4.50. The van der Waals surface area contributed by atoms with Gasteiger partial charge in [-0.25, -0.2) is 0 Å². The van der Waals surface area contributed by atoms with Crippen molar-refractivity contribution in [3.8, 4) is 0 Å². The second-order valence-electron chi connectivity index (χ2n) is 1.98. The van der Waals surface area contributed by atoms with E-state index in [-0.39, 0.29) is 0 Å². The molecule has 0 N–H and O–H groups in total. The van der Waals surface area contributed by atoms with Gasteiger partial charge >= 0.3 is 7.60 Å². The molecule has 0 spiro atoms. The highest BCUT2D eigenvalue weighted by Crippen LogP contribution is 2.48. The maximum atomic E-state index is 11.4. The molecule has 11 heavy (non-hydrogen) atoms. The lowest BCUT2D eigenvalue weighted by Crippen LogP contribution is -1.84. The van der Waals surface area contributed by atoms with Crippen molar-refractivity contribution >= 4 is 7.60 Å². The van der Waals surface area contributed by atoms with Crippen molar-refractivity contribution in [2.45, 2.75) is 6.92 Å². The van der Waals surface area contributed by atoms with Gasteiger partial charge in [0.1, 0.15) is 0 Å². The molecule has 0 bridgehead atoms. The molecule has 0 radical (unpaired) electrons. The first-order chi connectivity index (χ1) is 5.08. The number of rotatable bonds is 4. The Bertz CT molecular complexity index is 200. The van der Waals surface area contributed by atoms with Crippen molar-refractivity contribution in [3.05, 3.63) is 24.0 Å². The van der Waals surface area contributed by atoms with E-state index in [1.165, 1.54) is 20.0 Å². The lowest BCUT2D eigenvalue weighted by molar-refractivity contribution is 0.286. The van der Waals surface area contributed by atoms with Gasteiger partial charge in [-0.2, -0.15) is 0 Å². The van der Waals surface area contributed by atoms with Gasteiger partial charge in [0.25, 0.3) is 0 Å². The minimum Gasteiger partial charge on any atom is -0.309 e. The van der Waals surface area contributed by atoms with Crippen LogP contribution in [0.15, 0.2) is 24.0 Å². The molecule has 0 saturated heterocycles. The first-order valence-electron chi connectivity index (χ1n) is 3.11. The van der Waals surface area contributed by atoms with Crippen LogP contribution in [0.25, 0.3) is 0 Å². The molecule has 0 unspecified atom stereocenters. The fourth-order valence-electron chi connectivity index (χ4n) is 0.482. The zero-order valence-corrected chi connectivity index (χ0v) is 7.93. The minimum atomic E-state index is -2.99. The molecule has 0 rings (SSSR count). The summed E-state index contributed by atoms with van der Waals surface area (Å²) in [5.41, 5.74) is 0.775. The fraction of sp³-hybridized carbons (Fsp3) is 0.429. The number of allylic oxidation sites excluding steroid dienone is 2. The van der Waals surface area contributed by atoms with Crippen LogP contribution in [0.5, 0.6) is 0 Å². The predicted molar refractivity (Wildman–Crippen MR) is 45.6 cm³/mol. The summed E-state index contributed by atoms with van der Waals surface area (Å²) in [6.07, 6.45) is 1.59. The SMILES string of the molecule is C=C/C(C)=C\P(=O)(OC)OC. The zero-order chi connectivity index (χ0) is 8.91. The molecule has 64 valence electrons. The average Bonchev–Trinajstić information content (AvgIpc) is 2.04. The molecule has 0 saturated carbocycles. The normalized spacial score (nSPS) is 13.2. The van der Waals surface area contributed by atoms with E-state index in [0.717, 1.165) is 5.57 Å². The lowest BCUT2D eigenvalue weighted by Gasteiger charge is -2.08. The molecule has 0 atom stereocenters. The van der Waals surface area contributed by atoms with Gasteiger partial charge in [0.2, 0.25) is 0 Å². The summed E-state index contributed by atoms with van der Waals surface area (Å²) in [7, 11) is -0.298. The summed E-state index contributed by atoms with van der Waals surface area (Å²) in [6.45, 7) is 5.29. The first-order valence-corrected chi connectivity index (χ1v) is 4.72. The zero-order valence-electron chi connectivity index (χ0n) is 7.03. The van der Waals surface area contributed by atoms with Gasteiger partial charge in [0, 0.05) is 20.0 Å². The van der Waals surface area contributed by atoms with Gasteiger partial charge < -0.3 is 9.05 Å². The maximum absolute atomic E-state index is 11.4. The predicted octanol–water partition coefficient (Wildman–Crippen LogP) is 2.56. The molecule has 0 amide bonds. The minimum absolute atomic E-state index is 0.775. The smallest absolute Gasteiger partial charge is 0.309 e. The van der Waals surface area contributed by atoms with E-state index in [1.807, 2.05) is 0 Å². The van der Waals surface area contributed by atoms with Gasteiger partial charge in [-0.3, -0.25) is 4.57 Å². The third-order valence-corrected chi connectivity index (χ3v) is 2.93. The number of hydrogen-bond acceptors (Lipinski definition) is 3. The Kier molecular flexibility index (Phi) is 4.34. The maximum Gasteiger partial charge on any atom is 0.353 e. The van der Waals surface area contributed by atoms with Crippen LogP contribution in [0.4, 0.5) is 0 Å². The Hall–Kier alpha value is -0.370. The average molecular weight is 176 g/mol. The summed E-state index contributed by atoms with van der Waals surface area (Å²) in [6, 6.07) is 0. The van der Waals surface area contributed by atoms with Crippen LogP contribution in [0.1, 0.15) is 6.92 Å². The van der Waals surface area contributed by atoms with Crippen LogP contribution in [-0.4, -0.2) is 14.2 Å². The molecule has 0 fully saturated rings. The molecule has 0 aromatic rings. The molecule has 0 aliphatic heterocycles. The Morgan fingerprint density at radius 1 is 1.45 bits per heavy atom. The monoisotopic (exact) mass is 176 g/mol. The standard InChI is InChI=1S/C7H13O3P/c1-5-7(2)6-11(8,9-3)10-4/h5-6H,1H2,2-4H3/b7-6-. The van der Waals surface area contributed by atoms with Crippen molar-refractivity contribution < 1.29 is 13.6 Å². The van der Waals surface area contributed by atoms with Crippen molar-refractivity contribution in [1.29, 1.82) is 0 Å². The van der Waals surface area contributed by atoms with E-state index in [9.17, 15) is 4.57 Å². The van der Waals surface area contributed by atoms with Crippen LogP contribution < -0.4 is 0 Å². The molecule has 0 aliphatic rings. The molecule has 0 aliphatic carbocycles. The molecule has 0 aromatic heterocycles. The number of hydrogen-bond donors (Lipinski definition) is 0. The Balaban J connectivity index is 4.54. The highest BCUT2D eigenvalue weighted by atomic mass is 31.2. The van der Waals surface area contributed by atoms with E-state index in [1.54, 1.807) is 13.0 Å². The summed E-state index contributed by atoms with van der Waals surface area (Å²) in [5, 5.41) is 0. The Labute approximate surface area is 67.2 Å². The third-order valence-electron chi connectivity index (χ3n) is 1.19. The van der Waals surface area contributed by atoms with E-state index in [4.69, 9.17) is 0 Å². The van der Waals surface area contributed by atoms with Crippen LogP contribution in [0.3, 0.4) is 0 Å². The third kappa shape index (κ3) is 3.51. The van der Waals surface area contributed by atoms with Crippen LogP contribution in [-0.2, 0) is 13.6 Å². The van der Waals surface area contributed by atoms with Crippen LogP contribution in [0.2, 0.25) is 0 Å². The largest absolute Gasteiger partial charge is 0.353 e. The van der Waals surface area contributed by atoms with E-state index in [0.29, 0.717) is 0 Å². The van der Waals surface area contributed by atoms with Crippen molar-refractivity contribution in [2.24, 2.45) is 0 Å². The molecule has 0 heterocycles. The second-order valence-corrected chi connectivity index (χ2v) is 4.05. The van der Waals surface area contributed by atoms with Gasteiger partial charge in [-0.05, 0) is 12.5 Å². The Morgan fingerprint density at radius 3 is 2.18 bits per heavy atom. The van der Waals surface area contributed by atoms with Crippen molar-refractivity contribution in [2.75, 3.05) is 14.2 Å².